The smallest absolute Gasteiger partial charge is 0.237 e. The molecule has 4 heteroatoms. The second-order valence-corrected chi connectivity index (χ2v) is 4.04. The molecule has 0 saturated heterocycles. The Labute approximate surface area is 94.2 Å². The van der Waals surface area contributed by atoms with E-state index in [9.17, 15) is 4.79 Å². The molecule has 0 atom stereocenters. The van der Waals surface area contributed by atoms with Crippen LogP contribution in [-0.2, 0) is 4.79 Å². The normalized spacial score (nSPS) is 9.77. The van der Waals surface area contributed by atoms with Crippen molar-refractivity contribution in [1.29, 1.82) is 0 Å². The number of rotatable bonds is 2. The van der Waals surface area contributed by atoms with Gasteiger partial charge in [-0.25, -0.2) is 0 Å². The van der Waals surface area contributed by atoms with E-state index in [1.165, 1.54) is 0 Å². The zero-order valence-electron chi connectivity index (χ0n) is 7.13. The van der Waals surface area contributed by atoms with E-state index in [0.29, 0.717) is 5.33 Å². The van der Waals surface area contributed by atoms with Gasteiger partial charge in [0.05, 0.1) is 5.33 Å². The number of anilines is 1. The van der Waals surface area contributed by atoms with Crippen molar-refractivity contribution in [3.05, 3.63) is 28.7 Å². The third-order valence-corrected chi connectivity index (χ3v) is 2.71. The molecule has 1 amide bonds. The molecule has 0 aliphatic heterocycles. The van der Waals surface area contributed by atoms with E-state index in [1.54, 1.807) is 11.9 Å². The molecule has 13 heavy (non-hydrogen) atoms. The van der Waals surface area contributed by atoms with Gasteiger partial charge in [-0.15, -0.1) is 0 Å². The molecule has 0 fully saturated rings. The number of halogens is 2. The van der Waals surface area contributed by atoms with Crippen molar-refractivity contribution in [2.24, 2.45) is 0 Å². The minimum absolute atomic E-state index is 0.0438. The van der Waals surface area contributed by atoms with E-state index in [-0.39, 0.29) is 5.91 Å². The fourth-order valence-corrected chi connectivity index (χ4v) is 1.54. The van der Waals surface area contributed by atoms with Gasteiger partial charge in [-0.05, 0) is 24.3 Å². The van der Waals surface area contributed by atoms with E-state index >= 15 is 0 Å². The molecule has 0 spiro atoms. The first-order valence-electron chi connectivity index (χ1n) is 3.73. The van der Waals surface area contributed by atoms with Gasteiger partial charge in [0.25, 0.3) is 0 Å². The van der Waals surface area contributed by atoms with Crippen LogP contribution in [0.1, 0.15) is 0 Å². The zero-order chi connectivity index (χ0) is 9.84. The highest BCUT2D eigenvalue weighted by molar-refractivity contribution is 9.10. The summed E-state index contributed by atoms with van der Waals surface area (Å²) in [6.45, 7) is 0. The largest absolute Gasteiger partial charge is 0.315 e. The van der Waals surface area contributed by atoms with Crippen LogP contribution < -0.4 is 4.90 Å². The van der Waals surface area contributed by atoms with Crippen LogP contribution in [0, 0.1) is 0 Å². The van der Waals surface area contributed by atoms with Gasteiger partial charge in [-0.2, -0.15) is 0 Å². The van der Waals surface area contributed by atoms with Gasteiger partial charge in [0.2, 0.25) is 5.91 Å². The van der Waals surface area contributed by atoms with Gasteiger partial charge < -0.3 is 4.90 Å². The zero-order valence-corrected chi connectivity index (χ0v) is 10.3. The number of carbonyl (C=O) groups excluding carboxylic acids is 1. The van der Waals surface area contributed by atoms with Crippen LogP contribution in [0.5, 0.6) is 0 Å². The van der Waals surface area contributed by atoms with Gasteiger partial charge >= 0.3 is 0 Å². The Bertz CT molecular complexity index is 297. The Balaban J connectivity index is 2.83. The topological polar surface area (TPSA) is 20.3 Å². The third-order valence-electron chi connectivity index (χ3n) is 1.70. The average molecular weight is 307 g/mol. The lowest BCUT2D eigenvalue weighted by Crippen LogP contribution is -2.26. The molecule has 2 nitrogen and oxygen atoms in total. The molecular formula is C9H9Br2NO. The summed E-state index contributed by atoms with van der Waals surface area (Å²) < 4.78 is 1.01. The van der Waals surface area contributed by atoms with Crippen LogP contribution in [0.3, 0.4) is 0 Å². The highest BCUT2D eigenvalue weighted by Gasteiger charge is 2.07. The van der Waals surface area contributed by atoms with Crippen molar-refractivity contribution in [3.8, 4) is 0 Å². The van der Waals surface area contributed by atoms with Gasteiger partial charge in [0.1, 0.15) is 0 Å². The number of nitrogens with zero attached hydrogens (tertiary/aromatic N) is 1. The molecule has 0 heterocycles. The number of hydrogen-bond acceptors (Lipinski definition) is 1. The molecule has 0 N–H and O–H groups in total. The van der Waals surface area contributed by atoms with E-state index in [4.69, 9.17) is 0 Å². The minimum atomic E-state index is 0.0438. The molecule has 0 aromatic heterocycles. The fraction of sp³-hybridized carbons (Fsp3) is 0.222. The van der Waals surface area contributed by atoms with Crippen LogP contribution in [0.4, 0.5) is 5.69 Å². The maximum absolute atomic E-state index is 11.3. The lowest BCUT2D eigenvalue weighted by molar-refractivity contribution is -0.115. The van der Waals surface area contributed by atoms with Crippen LogP contribution in [0.25, 0.3) is 0 Å². The molecule has 1 rings (SSSR count). The molecule has 0 aliphatic carbocycles. The molecule has 70 valence electrons. The van der Waals surface area contributed by atoms with Crippen LogP contribution in [0.2, 0.25) is 0 Å². The van der Waals surface area contributed by atoms with Crippen LogP contribution in [0.15, 0.2) is 28.7 Å². The van der Waals surface area contributed by atoms with E-state index in [2.05, 4.69) is 31.9 Å². The van der Waals surface area contributed by atoms with Gasteiger partial charge in [-0.3, -0.25) is 4.79 Å². The van der Waals surface area contributed by atoms with E-state index < -0.39 is 0 Å². The molecule has 0 unspecified atom stereocenters. The SMILES string of the molecule is CN(C(=O)CBr)c1ccc(Br)cc1. The predicted octanol–water partition coefficient (Wildman–Crippen LogP) is 2.81. The van der Waals surface area contributed by atoms with Crippen molar-refractivity contribution in [2.75, 3.05) is 17.3 Å². The summed E-state index contributed by atoms with van der Waals surface area (Å²) in [7, 11) is 1.76. The number of hydrogen-bond donors (Lipinski definition) is 0. The molecule has 0 saturated carbocycles. The summed E-state index contributed by atoms with van der Waals surface area (Å²) in [5, 5.41) is 0.347. The maximum atomic E-state index is 11.3. The highest BCUT2D eigenvalue weighted by atomic mass is 79.9. The molecule has 0 radical (unpaired) electrons. The summed E-state index contributed by atoms with van der Waals surface area (Å²) in [5.74, 6) is 0.0438. The van der Waals surface area contributed by atoms with Gasteiger partial charge in [0, 0.05) is 17.2 Å². The van der Waals surface area contributed by atoms with Gasteiger partial charge in [0.15, 0.2) is 0 Å². The van der Waals surface area contributed by atoms with Crippen molar-refractivity contribution < 1.29 is 4.79 Å². The molecule has 0 aliphatic rings. The summed E-state index contributed by atoms with van der Waals surface area (Å²) in [6.07, 6.45) is 0. The second-order valence-electron chi connectivity index (χ2n) is 2.56. The molecule has 0 bridgehead atoms. The number of alkyl halides is 1. The first-order valence-corrected chi connectivity index (χ1v) is 5.64. The van der Waals surface area contributed by atoms with Gasteiger partial charge in [-0.1, -0.05) is 31.9 Å². The summed E-state index contributed by atoms with van der Waals surface area (Å²) in [4.78, 5) is 12.9. The third kappa shape index (κ3) is 2.81. The van der Waals surface area contributed by atoms with Crippen LogP contribution >= 0.6 is 31.9 Å². The number of carbonyl (C=O) groups is 1. The lowest BCUT2D eigenvalue weighted by atomic mass is 10.3. The first kappa shape index (κ1) is 10.7. The molecule has 1 aromatic rings. The maximum Gasteiger partial charge on any atom is 0.237 e. The summed E-state index contributed by atoms with van der Waals surface area (Å²) in [5.41, 5.74) is 0.896. The summed E-state index contributed by atoms with van der Waals surface area (Å²) in [6, 6.07) is 7.61. The fourth-order valence-electron chi connectivity index (χ4n) is 0.898. The first-order chi connectivity index (χ1) is 6.15. The molecule has 1 aromatic carbocycles. The highest BCUT2D eigenvalue weighted by Crippen LogP contribution is 2.17. The number of benzene rings is 1. The Morgan fingerprint density at radius 2 is 1.92 bits per heavy atom. The minimum Gasteiger partial charge on any atom is -0.315 e. The van der Waals surface area contributed by atoms with Crippen LogP contribution in [-0.4, -0.2) is 18.3 Å². The van der Waals surface area contributed by atoms with E-state index in [1.807, 2.05) is 24.3 Å². The van der Waals surface area contributed by atoms with Crippen molar-refractivity contribution in [3.63, 3.8) is 0 Å². The molecular weight excluding hydrogens is 298 g/mol. The monoisotopic (exact) mass is 305 g/mol. The number of amides is 1. The summed E-state index contributed by atoms with van der Waals surface area (Å²) >= 11 is 6.46. The van der Waals surface area contributed by atoms with E-state index in [0.717, 1.165) is 10.2 Å². The average Bonchev–Trinajstić information content (AvgIpc) is 2.17. The van der Waals surface area contributed by atoms with Crippen molar-refractivity contribution in [2.45, 2.75) is 0 Å². The lowest BCUT2D eigenvalue weighted by Gasteiger charge is -2.15. The Hall–Kier alpha value is -0.350. The van der Waals surface area contributed by atoms with Crippen molar-refractivity contribution in [1.82, 2.24) is 0 Å². The second kappa shape index (κ2) is 4.77. The Kier molecular flexibility index (Phi) is 3.93. The quantitative estimate of drug-likeness (QED) is 0.770. The van der Waals surface area contributed by atoms with Crippen molar-refractivity contribution >= 4 is 43.5 Å². The standard InChI is InChI=1S/C9H9Br2NO/c1-12(9(13)6-10)8-4-2-7(11)3-5-8/h2-5H,6H2,1H3. The Morgan fingerprint density at radius 1 is 1.38 bits per heavy atom. The Morgan fingerprint density at radius 3 is 2.38 bits per heavy atom. The predicted molar refractivity (Wildman–Crippen MR) is 61.3 cm³/mol.